The highest BCUT2D eigenvalue weighted by Crippen LogP contribution is 2.41. The number of nitrogens with zero attached hydrogens (tertiary/aromatic N) is 1. The van der Waals surface area contributed by atoms with Gasteiger partial charge in [-0.1, -0.05) is 43.3 Å². The van der Waals surface area contributed by atoms with Crippen LogP contribution in [0.1, 0.15) is 36.0 Å². The number of rotatable bonds is 5. The minimum absolute atomic E-state index is 0.457. The molecule has 1 aliphatic carbocycles. The van der Waals surface area contributed by atoms with Gasteiger partial charge in [0.2, 0.25) is 0 Å². The minimum atomic E-state index is 0.457. The van der Waals surface area contributed by atoms with Gasteiger partial charge in [-0.25, -0.2) is 0 Å². The van der Waals surface area contributed by atoms with E-state index in [2.05, 4.69) is 67.4 Å². The third-order valence-corrected chi connectivity index (χ3v) is 4.80. The van der Waals surface area contributed by atoms with E-state index in [1.807, 2.05) is 0 Å². The highest BCUT2D eigenvalue weighted by Gasteiger charge is 2.35. The summed E-state index contributed by atoms with van der Waals surface area (Å²) in [6, 6.07) is 18.0. The van der Waals surface area contributed by atoms with Crippen molar-refractivity contribution in [3.05, 3.63) is 65.2 Å². The molecule has 0 saturated carbocycles. The lowest BCUT2D eigenvalue weighted by Gasteiger charge is -2.30. The van der Waals surface area contributed by atoms with Gasteiger partial charge in [0, 0.05) is 12.0 Å². The smallest absolute Gasteiger partial charge is 0.119 e. The molecular weight excluding hydrogens is 270 g/mol. The van der Waals surface area contributed by atoms with Gasteiger partial charge in [-0.15, -0.1) is 0 Å². The molecule has 2 atom stereocenters. The number of methoxy groups -OCH3 is 1. The molecule has 2 aromatic rings. The SMILES string of the molecule is CCCN(C)[C@@H]1Cc2cc(OC)ccc2[C@H]1c1ccccc1. The van der Waals surface area contributed by atoms with Crippen molar-refractivity contribution in [3.8, 4) is 5.75 Å². The van der Waals surface area contributed by atoms with Crippen molar-refractivity contribution in [2.45, 2.75) is 31.7 Å². The largest absolute Gasteiger partial charge is 0.497 e. The zero-order valence-corrected chi connectivity index (χ0v) is 13.8. The van der Waals surface area contributed by atoms with E-state index in [0.29, 0.717) is 12.0 Å². The van der Waals surface area contributed by atoms with Crippen molar-refractivity contribution in [2.24, 2.45) is 0 Å². The summed E-state index contributed by atoms with van der Waals surface area (Å²) in [5.74, 6) is 1.42. The molecule has 0 bridgehead atoms. The van der Waals surface area contributed by atoms with E-state index in [-0.39, 0.29) is 0 Å². The maximum absolute atomic E-state index is 5.41. The fraction of sp³-hybridized carbons (Fsp3) is 0.400. The summed E-state index contributed by atoms with van der Waals surface area (Å²) >= 11 is 0. The summed E-state index contributed by atoms with van der Waals surface area (Å²) in [6.45, 7) is 3.39. The zero-order chi connectivity index (χ0) is 15.5. The first-order chi connectivity index (χ1) is 10.7. The fourth-order valence-electron chi connectivity index (χ4n) is 3.73. The van der Waals surface area contributed by atoms with Crippen LogP contribution >= 0.6 is 0 Å². The van der Waals surface area contributed by atoms with Crippen LogP contribution in [0.25, 0.3) is 0 Å². The first kappa shape index (κ1) is 15.1. The fourth-order valence-corrected chi connectivity index (χ4v) is 3.73. The van der Waals surface area contributed by atoms with E-state index >= 15 is 0 Å². The maximum Gasteiger partial charge on any atom is 0.119 e. The Kier molecular flexibility index (Phi) is 4.49. The lowest BCUT2D eigenvalue weighted by Crippen LogP contribution is -2.36. The standard InChI is InChI=1S/C20H25NO/c1-4-12-21(2)19-14-16-13-17(22-3)10-11-18(16)20(19)15-8-6-5-7-9-15/h5-11,13,19-20H,4,12,14H2,1-3H3/t19-,20-/m1/s1. The van der Waals surface area contributed by atoms with Crippen LogP contribution in [-0.4, -0.2) is 31.6 Å². The molecule has 0 aliphatic heterocycles. The van der Waals surface area contributed by atoms with Gasteiger partial charge in [0.25, 0.3) is 0 Å². The third-order valence-electron chi connectivity index (χ3n) is 4.80. The summed E-state index contributed by atoms with van der Waals surface area (Å²) in [4.78, 5) is 2.52. The Morgan fingerprint density at radius 2 is 1.91 bits per heavy atom. The molecule has 0 fully saturated rings. The van der Waals surface area contributed by atoms with Crippen molar-refractivity contribution in [2.75, 3.05) is 20.7 Å². The predicted molar refractivity (Wildman–Crippen MR) is 91.7 cm³/mol. The van der Waals surface area contributed by atoms with Gasteiger partial charge in [0.1, 0.15) is 5.75 Å². The van der Waals surface area contributed by atoms with E-state index in [1.54, 1.807) is 7.11 Å². The number of likely N-dealkylation sites (N-methyl/N-ethyl adjacent to an activating group) is 1. The Balaban J connectivity index is 2.01. The van der Waals surface area contributed by atoms with Crippen LogP contribution in [0.5, 0.6) is 5.75 Å². The molecule has 0 unspecified atom stereocenters. The lowest BCUT2D eigenvalue weighted by molar-refractivity contribution is 0.233. The molecule has 0 radical (unpaired) electrons. The predicted octanol–water partition coefficient (Wildman–Crippen LogP) is 4.09. The molecule has 116 valence electrons. The van der Waals surface area contributed by atoms with Gasteiger partial charge < -0.3 is 9.64 Å². The number of benzene rings is 2. The van der Waals surface area contributed by atoms with E-state index in [4.69, 9.17) is 4.74 Å². The molecule has 2 nitrogen and oxygen atoms in total. The maximum atomic E-state index is 5.41. The van der Waals surface area contributed by atoms with Crippen molar-refractivity contribution >= 4 is 0 Å². The molecule has 0 aromatic heterocycles. The molecule has 3 rings (SSSR count). The van der Waals surface area contributed by atoms with E-state index in [1.165, 1.54) is 23.1 Å². The van der Waals surface area contributed by atoms with Crippen LogP contribution in [0.4, 0.5) is 0 Å². The molecular formula is C20H25NO. The minimum Gasteiger partial charge on any atom is -0.497 e. The summed E-state index contributed by atoms with van der Waals surface area (Å²) in [6.07, 6.45) is 2.29. The van der Waals surface area contributed by atoms with Gasteiger partial charge in [0.15, 0.2) is 0 Å². The number of hydrogen-bond acceptors (Lipinski definition) is 2. The molecule has 22 heavy (non-hydrogen) atoms. The van der Waals surface area contributed by atoms with Crippen molar-refractivity contribution in [1.29, 1.82) is 0 Å². The van der Waals surface area contributed by atoms with Crippen molar-refractivity contribution in [3.63, 3.8) is 0 Å². The molecule has 0 saturated heterocycles. The van der Waals surface area contributed by atoms with E-state index in [9.17, 15) is 0 Å². The van der Waals surface area contributed by atoms with Crippen LogP contribution in [-0.2, 0) is 6.42 Å². The second-order valence-electron chi connectivity index (χ2n) is 6.21. The highest BCUT2D eigenvalue weighted by atomic mass is 16.5. The zero-order valence-electron chi connectivity index (χ0n) is 13.8. The highest BCUT2D eigenvalue weighted by molar-refractivity contribution is 5.48. The average Bonchev–Trinajstić information content (AvgIpc) is 2.94. The van der Waals surface area contributed by atoms with Crippen LogP contribution in [0.3, 0.4) is 0 Å². The molecule has 2 aromatic carbocycles. The summed E-state index contributed by atoms with van der Waals surface area (Å²) in [7, 11) is 4.00. The second-order valence-corrected chi connectivity index (χ2v) is 6.21. The first-order valence-corrected chi connectivity index (χ1v) is 8.16. The summed E-state index contributed by atoms with van der Waals surface area (Å²) in [5, 5.41) is 0. The van der Waals surface area contributed by atoms with Crippen LogP contribution < -0.4 is 4.74 Å². The Labute approximate surface area is 133 Å². The van der Waals surface area contributed by atoms with Crippen molar-refractivity contribution in [1.82, 2.24) is 4.90 Å². The molecule has 0 spiro atoms. The molecule has 0 N–H and O–H groups in total. The van der Waals surface area contributed by atoms with Gasteiger partial charge in [-0.3, -0.25) is 0 Å². The first-order valence-electron chi connectivity index (χ1n) is 8.16. The Morgan fingerprint density at radius 3 is 2.59 bits per heavy atom. The molecule has 2 heteroatoms. The van der Waals surface area contributed by atoms with Crippen LogP contribution in [0.15, 0.2) is 48.5 Å². The monoisotopic (exact) mass is 295 g/mol. The lowest BCUT2D eigenvalue weighted by atomic mass is 9.89. The summed E-state index contributed by atoms with van der Waals surface area (Å²) < 4.78 is 5.41. The van der Waals surface area contributed by atoms with Crippen molar-refractivity contribution < 1.29 is 4.74 Å². The number of ether oxygens (including phenoxy) is 1. The van der Waals surface area contributed by atoms with E-state index < -0.39 is 0 Å². The summed E-state index contributed by atoms with van der Waals surface area (Å²) in [5.41, 5.74) is 4.31. The van der Waals surface area contributed by atoms with Gasteiger partial charge in [0.05, 0.1) is 7.11 Å². The van der Waals surface area contributed by atoms with Crippen LogP contribution in [0.2, 0.25) is 0 Å². The van der Waals surface area contributed by atoms with Crippen LogP contribution in [0, 0.1) is 0 Å². The quantitative estimate of drug-likeness (QED) is 0.823. The second kappa shape index (κ2) is 6.53. The Morgan fingerprint density at radius 1 is 1.14 bits per heavy atom. The van der Waals surface area contributed by atoms with Gasteiger partial charge in [-0.2, -0.15) is 0 Å². The average molecular weight is 295 g/mol. The topological polar surface area (TPSA) is 12.5 Å². The van der Waals surface area contributed by atoms with Gasteiger partial charge >= 0.3 is 0 Å². The Bertz CT molecular complexity index is 623. The Hall–Kier alpha value is -1.80. The number of hydrogen-bond donors (Lipinski definition) is 0. The number of fused-ring (bicyclic) bond motifs is 1. The molecule has 0 amide bonds. The third kappa shape index (κ3) is 2.76. The molecule has 0 heterocycles. The van der Waals surface area contributed by atoms with E-state index in [0.717, 1.165) is 18.7 Å². The normalized spacial score (nSPS) is 20.2. The van der Waals surface area contributed by atoms with Gasteiger partial charge in [-0.05, 0) is 55.3 Å². The molecule has 1 aliphatic rings.